The van der Waals surface area contributed by atoms with E-state index in [0.717, 1.165) is 11.8 Å². The average Bonchev–Trinajstić information content (AvgIpc) is 2.62. The second-order valence-electron chi connectivity index (χ2n) is 6.64. The third-order valence-corrected chi connectivity index (χ3v) is 4.65. The molecule has 0 saturated carbocycles. The summed E-state index contributed by atoms with van der Waals surface area (Å²) in [7, 11) is 0. The van der Waals surface area contributed by atoms with Crippen LogP contribution < -0.4 is 16.4 Å². The molecule has 2 amide bonds. The molecular formula is C16H29N3O7S. The van der Waals surface area contributed by atoms with E-state index < -0.39 is 29.4 Å². The van der Waals surface area contributed by atoms with Crippen LogP contribution in [0.5, 0.6) is 0 Å². The minimum atomic E-state index is -1.39. The molecule has 7 N–H and O–H groups in total. The van der Waals surface area contributed by atoms with Gasteiger partial charge in [0.05, 0.1) is 6.61 Å². The Hall–Kier alpha value is -1.69. The summed E-state index contributed by atoms with van der Waals surface area (Å²) in [5, 5.41) is 32.3. The van der Waals surface area contributed by atoms with Gasteiger partial charge < -0.3 is 31.7 Å². The summed E-state index contributed by atoms with van der Waals surface area (Å²) in [4.78, 5) is 45.4. The molecule has 0 heterocycles. The van der Waals surface area contributed by atoms with Gasteiger partial charge in [0.1, 0.15) is 12.1 Å². The molecule has 0 fully saturated rings. The molecule has 0 bridgehead atoms. The molecule has 0 aliphatic carbocycles. The van der Waals surface area contributed by atoms with Crippen molar-refractivity contribution >= 4 is 34.7 Å². The predicted octanol–water partition coefficient (Wildman–Crippen LogP) is -1.56. The zero-order valence-corrected chi connectivity index (χ0v) is 16.4. The van der Waals surface area contributed by atoms with Crippen LogP contribution in [0.25, 0.3) is 0 Å². The fraction of sp³-hybridized carbons (Fsp3) is 0.750. The largest absolute Gasteiger partial charge is 0.480 e. The maximum Gasteiger partial charge on any atom is 0.320 e. The SMILES string of the molecule is CC(C)(CO)[C@@H](O)C(=O)NCCC(=O)NCCSC(=O)CC[C@H](N)C(=O)O. The van der Waals surface area contributed by atoms with E-state index in [1.165, 1.54) is 13.8 Å². The van der Waals surface area contributed by atoms with Crippen molar-refractivity contribution in [3.63, 3.8) is 0 Å². The topological polar surface area (TPSA) is 179 Å². The van der Waals surface area contributed by atoms with Crippen molar-refractivity contribution in [1.82, 2.24) is 10.6 Å². The van der Waals surface area contributed by atoms with E-state index in [1.54, 1.807) is 0 Å². The smallest absolute Gasteiger partial charge is 0.320 e. The molecule has 156 valence electrons. The van der Waals surface area contributed by atoms with Crippen LogP contribution in [0, 0.1) is 5.41 Å². The second kappa shape index (κ2) is 12.7. The van der Waals surface area contributed by atoms with Gasteiger partial charge in [-0.15, -0.1) is 0 Å². The number of thioether (sulfide) groups is 1. The summed E-state index contributed by atoms with van der Waals surface area (Å²) in [5.41, 5.74) is 4.32. The van der Waals surface area contributed by atoms with Gasteiger partial charge in [-0.1, -0.05) is 25.6 Å². The lowest BCUT2D eigenvalue weighted by Crippen LogP contribution is -2.46. The highest BCUT2D eigenvalue weighted by Gasteiger charge is 2.32. The van der Waals surface area contributed by atoms with Crippen LogP contribution in [-0.4, -0.2) is 75.8 Å². The zero-order chi connectivity index (χ0) is 21.0. The fourth-order valence-electron chi connectivity index (χ4n) is 1.75. The summed E-state index contributed by atoms with van der Waals surface area (Å²) in [6.45, 7) is 2.99. The Kier molecular flexibility index (Phi) is 11.9. The Bertz CT molecular complexity index is 528. The van der Waals surface area contributed by atoms with Crippen molar-refractivity contribution in [2.75, 3.05) is 25.4 Å². The van der Waals surface area contributed by atoms with Gasteiger partial charge in [0.25, 0.3) is 0 Å². The lowest BCUT2D eigenvalue weighted by atomic mass is 9.87. The zero-order valence-electron chi connectivity index (χ0n) is 15.6. The van der Waals surface area contributed by atoms with E-state index in [-0.39, 0.29) is 50.0 Å². The van der Waals surface area contributed by atoms with Gasteiger partial charge >= 0.3 is 5.97 Å². The summed E-state index contributed by atoms with van der Waals surface area (Å²) in [6.07, 6.45) is -1.27. The summed E-state index contributed by atoms with van der Waals surface area (Å²) in [5.74, 6) is -1.81. The normalized spacial score (nSPS) is 13.5. The van der Waals surface area contributed by atoms with Crippen LogP contribution in [-0.2, 0) is 19.2 Å². The van der Waals surface area contributed by atoms with Crippen LogP contribution in [0.1, 0.15) is 33.1 Å². The summed E-state index contributed by atoms with van der Waals surface area (Å²) >= 11 is 0.981. The number of aliphatic hydroxyl groups is 2. The third kappa shape index (κ3) is 10.9. The number of carbonyl (C=O) groups is 4. The quantitative estimate of drug-likeness (QED) is 0.197. The molecule has 0 aromatic rings. The number of aliphatic hydroxyl groups excluding tert-OH is 2. The van der Waals surface area contributed by atoms with Crippen LogP contribution in [0.4, 0.5) is 0 Å². The molecule has 0 rings (SSSR count). The number of hydrogen-bond acceptors (Lipinski definition) is 8. The second-order valence-corrected chi connectivity index (χ2v) is 7.80. The molecule has 0 saturated heterocycles. The number of hydrogen-bond donors (Lipinski definition) is 6. The molecule has 0 unspecified atom stereocenters. The van der Waals surface area contributed by atoms with Gasteiger partial charge in [0.2, 0.25) is 11.8 Å². The maximum absolute atomic E-state index is 11.7. The number of carboxylic acids is 1. The molecule has 0 aliphatic rings. The van der Waals surface area contributed by atoms with Gasteiger partial charge in [-0.05, 0) is 6.42 Å². The lowest BCUT2D eigenvalue weighted by molar-refractivity contribution is -0.139. The lowest BCUT2D eigenvalue weighted by Gasteiger charge is -2.27. The van der Waals surface area contributed by atoms with E-state index in [1.807, 2.05) is 0 Å². The first kappa shape index (κ1) is 25.3. The molecule has 11 heteroatoms. The first-order chi connectivity index (χ1) is 12.5. The molecular weight excluding hydrogens is 378 g/mol. The highest BCUT2D eigenvalue weighted by Crippen LogP contribution is 2.19. The van der Waals surface area contributed by atoms with Crippen molar-refractivity contribution in [2.24, 2.45) is 11.1 Å². The first-order valence-electron chi connectivity index (χ1n) is 8.48. The predicted molar refractivity (Wildman–Crippen MR) is 99.8 cm³/mol. The van der Waals surface area contributed by atoms with Gasteiger partial charge in [0, 0.05) is 37.1 Å². The fourth-order valence-corrected chi connectivity index (χ4v) is 2.44. The van der Waals surface area contributed by atoms with Gasteiger partial charge in [-0.3, -0.25) is 19.2 Å². The Morgan fingerprint density at radius 2 is 1.74 bits per heavy atom. The van der Waals surface area contributed by atoms with Gasteiger partial charge in [-0.25, -0.2) is 0 Å². The van der Waals surface area contributed by atoms with Crippen molar-refractivity contribution < 1.29 is 34.5 Å². The van der Waals surface area contributed by atoms with Crippen molar-refractivity contribution in [2.45, 2.75) is 45.3 Å². The monoisotopic (exact) mass is 407 g/mol. The minimum Gasteiger partial charge on any atom is -0.480 e. The van der Waals surface area contributed by atoms with Crippen LogP contribution in [0.2, 0.25) is 0 Å². The van der Waals surface area contributed by atoms with Crippen molar-refractivity contribution in [1.29, 1.82) is 0 Å². The number of carboxylic acid groups (broad SMARTS) is 1. The standard InChI is InChI=1S/C16H29N3O7S/c1-16(2,9-20)13(23)14(24)19-6-5-11(21)18-7-8-27-12(22)4-3-10(17)15(25)26/h10,13,20,23H,3-9,17H2,1-2H3,(H,18,21)(H,19,24)(H,25,26)/t10-,13-/m0/s1. The molecule has 0 spiro atoms. The van der Waals surface area contributed by atoms with E-state index >= 15 is 0 Å². The molecule has 0 radical (unpaired) electrons. The number of carbonyl (C=O) groups excluding carboxylic acids is 3. The number of amides is 2. The number of rotatable bonds is 13. The Balaban J connectivity index is 3.85. The Morgan fingerprint density at radius 1 is 1.11 bits per heavy atom. The van der Waals surface area contributed by atoms with Crippen molar-refractivity contribution in [3.05, 3.63) is 0 Å². The van der Waals surface area contributed by atoms with Crippen LogP contribution in [0.15, 0.2) is 0 Å². The number of nitrogens with one attached hydrogen (secondary N) is 2. The molecule has 2 atom stereocenters. The molecule has 0 aromatic heterocycles. The van der Waals surface area contributed by atoms with E-state index in [0.29, 0.717) is 5.75 Å². The van der Waals surface area contributed by atoms with Gasteiger partial charge in [-0.2, -0.15) is 0 Å². The minimum absolute atomic E-state index is 0.00406. The average molecular weight is 407 g/mol. The van der Waals surface area contributed by atoms with Crippen molar-refractivity contribution in [3.8, 4) is 0 Å². The summed E-state index contributed by atoms with van der Waals surface area (Å²) in [6, 6.07) is -1.06. The molecule has 27 heavy (non-hydrogen) atoms. The maximum atomic E-state index is 11.7. The van der Waals surface area contributed by atoms with Gasteiger partial charge in [0.15, 0.2) is 5.12 Å². The number of aliphatic carboxylic acids is 1. The van der Waals surface area contributed by atoms with E-state index in [2.05, 4.69) is 10.6 Å². The first-order valence-corrected chi connectivity index (χ1v) is 9.47. The van der Waals surface area contributed by atoms with Crippen LogP contribution in [0.3, 0.4) is 0 Å². The molecule has 10 nitrogen and oxygen atoms in total. The van der Waals surface area contributed by atoms with E-state index in [4.69, 9.17) is 15.9 Å². The highest BCUT2D eigenvalue weighted by atomic mass is 32.2. The molecule has 0 aromatic carbocycles. The molecule has 0 aliphatic heterocycles. The highest BCUT2D eigenvalue weighted by molar-refractivity contribution is 8.13. The Labute approximate surface area is 162 Å². The van der Waals surface area contributed by atoms with E-state index in [9.17, 15) is 24.3 Å². The number of nitrogens with two attached hydrogens (primary N) is 1. The third-order valence-electron chi connectivity index (χ3n) is 3.71. The summed E-state index contributed by atoms with van der Waals surface area (Å²) < 4.78 is 0. The van der Waals surface area contributed by atoms with Crippen LogP contribution >= 0.6 is 11.8 Å². The Morgan fingerprint density at radius 3 is 2.30 bits per heavy atom.